The largest absolute Gasteiger partial charge is 0.507 e. The molecular weight excluding hydrogens is 272 g/mol. The van der Waals surface area contributed by atoms with Gasteiger partial charge in [0, 0.05) is 0 Å². The smallest absolute Gasteiger partial charge is 0.340 e. The van der Waals surface area contributed by atoms with Crippen LogP contribution in [-0.2, 0) is 0 Å². The molecule has 1 rings (SSSR count). The Labute approximate surface area is 124 Å². The molecule has 0 saturated carbocycles. The second kappa shape index (κ2) is 8.44. The van der Waals surface area contributed by atoms with Crippen LogP contribution in [0.1, 0.15) is 48.5 Å². The first-order valence-corrected chi connectivity index (χ1v) is 7.07. The van der Waals surface area contributed by atoms with Crippen molar-refractivity contribution in [1.29, 1.82) is 0 Å². The molecule has 0 bridgehead atoms. The summed E-state index contributed by atoms with van der Waals surface area (Å²) in [6.45, 7) is 2.05. The highest BCUT2D eigenvalue weighted by atomic mass is 16.4. The maximum absolute atomic E-state index is 11.1. The third kappa shape index (κ3) is 5.21. The number of benzene rings is 1. The van der Waals surface area contributed by atoms with Gasteiger partial charge in [0.05, 0.1) is 12.2 Å². The lowest BCUT2D eigenvalue weighted by Crippen LogP contribution is -2.23. The van der Waals surface area contributed by atoms with Gasteiger partial charge in [0.1, 0.15) is 11.3 Å². The van der Waals surface area contributed by atoms with Crippen LogP contribution in [0.2, 0.25) is 0 Å². The Kier molecular flexibility index (Phi) is 6.91. The van der Waals surface area contributed by atoms with Gasteiger partial charge in [-0.3, -0.25) is 0 Å². The molecule has 0 aliphatic rings. The van der Waals surface area contributed by atoms with Gasteiger partial charge in [-0.15, -0.1) is 0 Å². The Hall–Kier alpha value is -1.85. The molecule has 116 valence electrons. The van der Waals surface area contributed by atoms with E-state index in [-0.39, 0.29) is 16.9 Å². The number of rotatable bonds is 8. The number of aliphatic hydroxyl groups is 2. The van der Waals surface area contributed by atoms with E-state index in [0.29, 0.717) is 6.42 Å². The molecule has 4 N–H and O–H groups in total. The number of carboxylic acids is 1. The van der Waals surface area contributed by atoms with Gasteiger partial charge < -0.3 is 20.4 Å². The van der Waals surface area contributed by atoms with Gasteiger partial charge in [0.15, 0.2) is 0 Å². The molecule has 2 atom stereocenters. The second-order valence-corrected chi connectivity index (χ2v) is 4.96. The quantitative estimate of drug-likeness (QED) is 0.552. The fourth-order valence-electron chi connectivity index (χ4n) is 2.03. The number of aromatic hydroxyl groups is 1. The van der Waals surface area contributed by atoms with Crippen molar-refractivity contribution in [3.8, 4) is 5.75 Å². The second-order valence-electron chi connectivity index (χ2n) is 4.96. The highest BCUT2D eigenvalue weighted by Crippen LogP contribution is 2.22. The molecule has 1 aromatic carbocycles. The fourth-order valence-corrected chi connectivity index (χ4v) is 2.03. The topological polar surface area (TPSA) is 98.0 Å². The molecule has 5 nitrogen and oxygen atoms in total. The van der Waals surface area contributed by atoms with E-state index in [0.717, 1.165) is 19.3 Å². The van der Waals surface area contributed by atoms with Crippen LogP contribution in [0.5, 0.6) is 5.75 Å². The van der Waals surface area contributed by atoms with Crippen molar-refractivity contribution in [3.63, 3.8) is 0 Å². The van der Waals surface area contributed by atoms with Crippen molar-refractivity contribution >= 4 is 12.0 Å². The molecule has 0 heterocycles. The highest BCUT2D eigenvalue weighted by Gasteiger charge is 2.15. The van der Waals surface area contributed by atoms with Crippen molar-refractivity contribution in [2.75, 3.05) is 0 Å². The molecular formula is C16H22O5. The molecule has 0 unspecified atom stereocenters. The van der Waals surface area contributed by atoms with Gasteiger partial charge in [0.25, 0.3) is 0 Å². The highest BCUT2D eigenvalue weighted by molar-refractivity contribution is 5.95. The molecule has 21 heavy (non-hydrogen) atoms. The average Bonchev–Trinajstić information content (AvgIpc) is 2.44. The first kappa shape index (κ1) is 17.2. The summed E-state index contributed by atoms with van der Waals surface area (Å²) >= 11 is 0. The summed E-state index contributed by atoms with van der Waals surface area (Å²) in [5.74, 6) is -1.58. The monoisotopic (exact) mass is 294 g/mol. The standard InChI is InChI=1S/C16H22O5/c1-2-3-4-7-12(17)13(18)10-9-11-6-5-8-14(19)15(11)16(20)21/h5-6,8-10,12-13,17-19H,2-4,7H2,1H3,(H,20,21)/t12-,13-/m1/s1. The summed E-state index contributed by atoms with van der Waals surface area (Å²) in [5, 5.41) is 38.2. The number of carbonyl (C=O) groups is 1. The molecule has 0 saturated heterocycles. The Bertz CT molecular complexity index is 495. The number of hydrogen-bond acceptors (Lipinski definition) is 4. The van der Waals surface area contributed by atoms with E-state index >= 15 is 0 Å². The minimum absolute atomic E-state index is 0.221. The minimum atomic E-state index is -1.24. The van der Waals surface area contributed by atoms with Crippen molar-refractivity contribution in [2.45, 2.75) is 44.8 Å². The number of unbranched alkanes of at least 4 members (excludes halogenated alkanes) is 2. The van der Waals surface area contributed by atoms with Crippen LogP contribution in [0, 0.1) is 0 Å². The molecule has 1 aromatic rings. The summed E-state index contributed by atoms with van der Waals surface area (Å²) in [6.07, 6.45) is 4.14. The number of hydrogen-bond donors (Lipinski definition) is 4. The molecule has 0 amide bonds. The lowest BCUT2D eigenvalue weighted by atomic mass is 10.0. The van der Waals surface area contributed by atoms with Crippen LogP contribution in [0.15, 0.2) is 24.3 Å². The Morgan fingerprint density at radius 2 is 2.00 bits per heavy atom. The van der Waals surface area contributed by atoms with Gasteiger partial charge in [-0.1, -0.05) is 50.5 Å². The van der Waals surface area contributed by atoms with E-state index in [1.165, 1.54) is 30.4 Å². The summed E-state index contributed by atoms with van der Waals surface area (Å²) < 4.78 is 0. The Morgan fingerprint density at radius 1 is 1.29 bits per heavy atom. The van der Waals surface area contributed by atoms with Gasteiger partial charge in [0.2, 0.25) is 0 Å². The van der Waals surface area contributed by atoms with Gasteiger partial charge >= 0.3 is 5.97 Å². The maximum atomic E-state index is 11.1. The van der Waals surface area contributed by atoms with Crippen LogP contribution in [0.3, 0.4) is 0 Å². The van der Waals surface area contributed by atoms with Gasteiger partial charge in [-0.25, -0.2) is 4.79 Å². The SMILES string of the molecule is CCCCC[C@@H](O)[C@H](O)C=Cc1cccc(O)c1C(=O)O. The molecule has 5 heteroatoms. The molecule has 0 aliphatic carbocycles. The first-order chi connectivity index (χ1) is 9.97. The van der Waals surface area contributed by atoms with Crippen LogP contribution in [0.25, 0.3) is 6.08 Å². The van der Waals surface area contributed by atoms with E-state index in [1.807, 2.05) is 0 Å². The van der Waals surface area contributed by atoms with E-state index in [9.17, 15) is 20.1 Å². The fraction of sp³-hybridized carbons (Fsp3) is 0.438. The van der Waals surface area contributed by atoms with E-state index in [1.54, 1.807) is 0 Å². The molecule has 0 fully saturated rings. The van der Waals surface area contributed by atoms with Crippen LogP contribution in [0.4, 0.5) is 0 Å². The predicted octanol–water partition coefficient (Wildman–Crippen LogP) is 2.41. The molecule has 0 aliphatic heterocycles. The van der Waals surface area contributed by atoms with Crippen molar-refractivity contribution < 1.29 is 25.2 Å². The number of aliphatic hydroxyl groups excluding tert-OH is 2. The minimum Gasteiger partial charge on any atom is -0.507 e. The first-order valence-electron chi connectivity index (χ1n) is 7.07. The lowest BCUT2D eigenvalue weighted by molar-refractivity contribution is 0.0420. The van der Waals surface area contributed by atoms with Gasteiger partial charge in [-0.2, -0.15) is 0 Å². The zero-order chi connectivity index (χ0) is 15.8. The lowest BCUT2D eigenvalue weighted by Gasteiger charge is -2.14. The Balaban J connectivity index is 2.76. The molecule has 0 radical (unpaired) electrons. The van der Waals surface area contributed by atoms with E-state index in [2.05, 4.69) is 6.92 Å². The third-order valence-electron chi connectivity index (χ3n) is 3.26. The predicted molar refractivity (Wildman–Crippen MR) is 80.3 cm³/mol. The number of carboxylic acid groups (broad SMARTS) is 1. The zero-order valence-electron chi connectivity index (χ0n) is 12.1. The van der Waals surface area contributed by atoms with Crippen molar-refractivity contribution in [3.05, 3.63) is 35.4 Å². The van der Waals surface area contributed by atoms with Crippen LogP contribution >= 0.6 is 0 Å². The van der Waals surface area contributed by atoms with Crippen molar-refractivity contribution in [2.24, 2.45) is 0 Å². The van der Waals surface area contributed by atoms with Crippen LogP contribution in [-0.4, -0.2) is 38.6 Å². The summed E-state index contributed by atoms with van der Waals surface area (Å²) in [7, 11) is 0. The normalized spacial score (nSPS) is 14.2. The number of phenols is 1. The average molecular weight is 294 g/mol. The van der Waals surface area contributed by atoms with E-state index in [4.69, 9.17) is 5.11 Å². The van der Waals surface area contributed by atoms with Crippen molar-refractivity contribution in [1.82, 2.24) is 0 Å². The summed E-state index contributed by atoms with van der Waals surface area (Å²) in [4.78, 5) is 11.1. The Morgan fingerprint density at radius 3 is 2.62 bits per heavy atom. The van der Waals surface area contributed by atoms with E-state index < -0.39 is 18.2 Å². The zero-order valence-corrected chi connectivity index (χ0v) is 12.1. The number of aromatic carboxylic acids is 1. The van der Waals surface area contributed by atoms with Gasteiger partial charge in [-0.05, 0) is 18.1 Å². The molecule has 0 spiro atoms. The summed E-state index contributed by atoms with van der Waals surface area (Å²) in [6, 6.07) is 4.33. The molecule has 0 aromatic heterocycles. The third-order valence-corrected chi connectivity index (χ3v) is 3.26. The summed E-state index contributed by atoms with van der Waals surface area (Å²) in [5.41, 5.74) is 0.0590. The maximum Gasteiger partial charge on any atom is 0.340 e. The van der Waals surface area contributed by atoms with Crippen LogP contribution < -0.4 is 0 Å².